The lowest BCUT2D eigenvalue weighted by Gasteiger charge is -2.36. The van der Waals surface area contributed by atoms with Gasteiger partial charge < -0.3 is 14.4 Å². The predicted octanol–water partition coefficient (Wildman–Crippen LogP) is 4.27. The van der Waals surface area contributed by atoms with E-state index in [-0.39, 0.29) is 28.1 Å². The molecule has 1 aromatic heterocycles. The first-order valence-corrected chi connectivity index (χ1v) is 13.0. The third kappa shape index (κ3) is 4.53. The van der Waals surface area contributed by atoms with Crippen LogP contribution in [0.5, 0.6) is 0 Å². The second-order valence-electron chi connectivity index (χ2n) is 8.80. The summed E-state index contributed by atoms with van der Waals surface area (Å²) < 4.78 is 41.8. The highest BCUT2D eigenvalue weighted by molar-refractivity contribution is 7.91. The molecule has 1 aliphatic heterocycles. The van der Waals surface area contributed by atoms with Crippen molar-refractivity contribution in [1.29, 1.82) is 0 Å². The van der Waals surface area contributed by atoms with Gasteiger partial charge in [-0.25, -0.2) is 12.8 Å². The number of hydrogen-bond acceptors (Lipinski definition) is 4. The molecule has 0 aliphatic carbocycles. The quantitative estimate of drug-likeness (QED) is 0.418. The van der Waals surface area contributed by atoms with Gasteiger partial charge in [-0.2, -0.15) is 0 Å². The molecule has 0 bridgehead atoms. The number of para-hydroxylation sites is 1. The number of carbonyl (C=O) groups is 1. The minimum absolute atomic E-state index is 0.0560. The van der Waals surface area contributed by atoms with E-state index in [9.17, 15) is 17.6 Å². The molecule has 3 aromatic carbocycles. The van der Waals surface area contributed by atoms with E-state index in [1.54, 1.807) is 64.2 Å². The van der Waals surface area contributed by atoms with Gasteiger partial charge in [0, 0.05) is 49.0 Å². The van der Waals surface area contributed by atoms with Gasteiger partial charge in [0.05, 0.1) is 9.79 Å². The molecule has 0 radical (unpaired) electrons. The van der Waals surface area contributed by atoms with Crippen LogP contribution in [0.1, 0.15) is 5.56 Å². The van der Waals surface area contributed by atoms with Gasteiger partial charge in [0.25, 0.3) is 0 Å². The number of sulfone groups is 1. The molecular formula is C27H26FN3O3S. The molecule has 0 saturated carbocycles. The Balaban J connectivity index is 1.36. The fourth-order valence-corrected chi connectivity index (χ4v) is 5.99. The molecule has 1 amide bonds. The number of aromatic nitrogens is 1. The van der Waals surface area contributed by atoms with E-state index < -0.39 is 9.84 Å². The Labute approximate surface area is 204 Å². The van der Waals surface area contributed by atoms with E-state index in [0.29, 0.717) is 37.1 Å². The van der Waals surface area contributed by atoms with Gasteiger partial charge in [0.1, 0.15) is 12.4 Å². The average Bonchev–Trinajstić information content (AvgIpc) is 3.24. The topological polar surface area (TPSA) is 62.6 Å². The molecule has 1 fully saturated rings. The fourth-order valence-electron chi connectivity index (χ4n) is 4.51. The summed E-state index contributed by atoms with van der Waals surface area (Å²) in [5.41, 5.74) is 2.62. The number of nitrogens with zero attached hydrogens (tertiary/aromatic N) is 3. The molecule has 4 aromatic rings. The fraction of sp³-hybridized carbons (Fsp3) is 0.222. The largest absolute Gasteiger partial charge is 0.368 e. The summed E-state index contributed by atoms with van der Waals surface area (Å²) in [6.07, 6.45) is 1.58. The van der Waals surface area contributed by atoms with Gasteiger partial charge in [0.2, 0.25) is 15.7 Å². The van der Waals surface area contributed by atoms with Gasteiger partial charge in [0.15, 0.2) is 0 Å². The molecule has 0 unspecified atom stereocenters. The third-order valence-electron chi connectivity index (χ3n) is 6.50. The van der Waals surface area contributed by atoms with Crippen molar-refractivity contribution in [2.24, 2.45) is 0 Å². The van der Waals surface area contributed by atoms with Crippen LogP contribution in [0.4, 0.5) is 10.1 Å². The summed E-state index contributed by atoms with van der Waals surface area (Å²) in [5.74, 6) is -0.339. The molecule has 8 heteroatoms. The number of fused-ring (bicyclic) bond motifs is 1. The first-order valence-electron chi connectivity index (χ1n) is 11.5. The Kier molecular flexibility index (Phi) is 6.06. The first-order chi connectivity index (χ1) is 16.8. The number of rotatable bonds is 5. The lowest BCUT2D eigenvalue weighted by Crippen LogP contribution is -2.49. The van der Waals surface area contributed by atoms with Crippen LogP contribution in [0.3, 0.4) is 0 Å². The standard InChI is InChI=1S/C27H26FN3O3S/c1-20-6-12-23(13-7-20)35(33,34)26-18-31(25-5-3-2-4-24(25)26)19-27(32)30-16-14-29(15-17-30)22-10-8-21(28)9-11-22/h2-13,18H,14-17,19H2,1H3. The molecule has 5 rings (SSSR count). The minimum Gasteiger partial charge on any atom is -0.368 e. The Morgan fingerprint density at radius 3 is 2.23 bits per heavy atom. The monoisotopic (exact) mass is 491 g/mol. The molecule has 1 aliphatic rings. The first kappa shape index (κ1) is 23.1. The van der Waals surface area contributed by atoms with Crippen LogP contribution < -0.4 is 4.90 Å². The normalized spacial score (nSPS) is 14.5. The van der Waals surface area contributed by atoms with Crippen LogP contribution in [-0.4, -0.2) is 50.0 Å². The van der Waals surface area contributed by atoms with Crippen molar-refractivity contribution in [2.45, 2.75) is 23.3 Å². The summed E-state index contributed by atoms with van der Waals surface area (Å²) in [4.78, 5) is 17.5. The SMILES string of the molecule is Cc1ccc(S(=O)(=O)c2cn(CC(=O)N3CCN(c4ccc(F)cc4)CC3)c3ccccc23)cc1. The van der Waals surface area contributed by atoms with Crippen molar-refractivity contribution in [2.75, 3.05) is 31.1 Å². The highest BCUT2D eigenvalue weighted by atomic mass is 32.2. The van der Waals surface area contributed by atoms with Crippen LogP contribution >= 0.6 is 0 Å². The third-order valence-corrected chi connectivity index (χ3v) is 8.30. The molecule has 6 nitrogen and oxygen atoms in total. The number of carbonyl (C=O) groups excluding carboxylic acids is 1. The summed E-state index contributed by atoms with van der Waals surface area (Å²) >= 11 is 0. The van der Waals surface area contributed by atoms with Gasteiger partial charge in [-0.1, -0.05) is 35.9 Å². The Hall–Kier alpha value is -3.65. The Morgan fingerprint density at radius 1 is 0.886 bits per heavy atom. The van der Waals surface area contributed by atoms with E-state index in [1.807, 2.05) is 19.1 Å². The van der Waals surface area contributed by atoms with Crippen molar-refractivity contribution in [3.63, 3.8) is 0 Å². The summed E-state index contributed by atoms with van der Waals surface area (Å²) in [6.45, 7) is 4.36. The highest BCUT2D eigenvalue weighted by Gasteiger charge is 2.26. The zero-order chi connectivity index (χ0) is 24.6. The molecular weight excluding hydrogens is 465 g/mol. The van der Waals surface area contributed by atoms with Gasteiger partial charge in [-0.15, -0.1) is 0 Å². The number of benzene rings is 3. The van der Waals surface area contributed by atoms with Gasteiger partial charge in [-0.3, -0.25) is 4.79 Å². The lowest BCUT2D eigenvalue weighted by atomic mass is 10.2. The second-order valence-corrected chi connectivity index (χ2v) is 10.7. The number of amides is 1. The van der Waals surface area contributed by atoms with Gasteiger partial charge >= 0.3 is 0 Å². The molecule has 2 heterocycles. The Bertz CT molecular complexity index is 1470. The van der Waals surface area contributed by atoms with Crippen molar-refractivity contribution < 1.29 is 17.6 Å². The van der Waals surface area contributed by atoms with E-state index >= 15 is 0 Å². The van der Waals surface area contributed by atoms with Crippen LogP contribution in [0.25, 0.3) is 10.9 Å². The molecule has 0 atom stereocenters. The minimum atomic E-state index is -3.74. The van der Waals surface area contributed by atoms with Crippen LogP contribution in [0.15, 0.2) is 88.8 Å². The maximum Gasteiger partial charge on any atom is 0.242 e. The van der Waals surface area contributed by atoms with Crippen molar-refractivity contribution >= 4 is 32.3 Å². The maximum absolute atomic E-state index is 13.4. The summed E-state index contributed by atoms with van der Waals surface area (Å²) in [7, 11) is -3.74. The van der Waals surface area contributed by atoms with Crippen LogP contribution in [0, 0.1) is 12.7 Å². The smallest absolute Gasteiger partial charge is 0.242 e. The number of hydrogen-bond donors (Lipinski definition) is 0. The van der Waals surface area contributed by atoms with Gasteiger partial charge in [-0.05, 0) is 49.4 Å². The maximum atomic E-state index is 13.4. The van der Waals surface area contributed by atoms with E-state index in [1.165, 1.54) is 12.1 Å². The zero-order valence-corrected chi connectivity index (χ0v) is 20.2. The average molecular weight is 492 g/mol. The predicted molar refractivity (Wildman–Crippen MR) is 134 cm³/mol. The van der Waals surface area contributed by atoms with Crippen molar-refractivity contribution in [3.8, 4) is 0 Å². The molecule has 1 saturated heterocycles. The number of halogens is 1. The van der Waals surface area contributed by atoms with E-state index in [4.69, 9.17) is 0 Å². The van der Waals surface area contributed by atoms with Crippen LogP contribution in [0.2, 0.25) is 0 Å². The van der Waals surface area contributed by atoms with E-state index in [0.717, 1.165) is 11.3 Å². The second kappa shape index (κ2) is 9.19. The van der Waals surface area contributed by atoms with Crippen molar-refractivity contribution in [3.05, 3.63) is 90.4 Å². The van der Waals surface area contributed by atoms with Crippen LogP contribution in [-0.2, 0) is 21.2 Å². The van der Waals surface area contributed by atoms with Crippen molar-refractivity contribution in [1.82, 2.24) is 9.47 Å². The van der Waals surface area contributed by atoms with E-state index in [2.05, 4.69) is 4.90 Å². The summed E-state index contributed by atoms with van der Waals surface area (Å²) in [5, 5.41) is 0.599. The number of piperazine rings is 1. The summed E-state index contributed by atoms with van der Waals surface area (Å²) in [6, 6.07) is 20.4. The molecule has 0 spiro atoms. The number of anilines is 1. The highest BCUT2D eigenvalue weighted by Crippen LogP contribution is 2.30. The number of aryl methyl sites for hydroxylation is 1. The molecule has 35 heavy (non-hydrogen) atoms. The zero-order valence-electron chi connectivity index (χ0n) is 19.4. The lowest BCUT2D eigenvalue weighted by molar-refractivity contribution is -0.132. The molecule has 0 N–H and O–H groups in total. The Morgan fingerprint density at radius 2 is 1.54 bits per heavy atom. The molecule has 180 valence electrons.